The molecule has 2 rings (SSSR count). The summed E-state index contributed by atoms with van der Waals surface area (Å²) < 4.78 is 5.42. The number of amides is 1. The molecule has 2 heterocycles. The third-order valence-electron chi connectivity index (χ3n) is 2.59. The maximum absolute atomic E-state index is 11.5. The largest absolute Gasteiger partial charge is 0.464 e. The van der Waals surface area contributed by atoms with Gasteiger partial charge in [-0.2, -0.15) is 0 Å². The Hall–Kier alpha value is -1.69. The van der Waals surface area contributed by atoms with Crippen LogP contribution in [-0.2, 0) is 11.3 Å². The molecule has 0 aromatic carbocycles. The molecule has 0 aliphatic carbocycles. The van der Waals surface area contributed by atoms with Gasteiger partial charge in [0, 0.05) is 18.9 Å². The van der Waals surface area contributed by atoms with Crippen LogP contribution < -0.4 is 0 Å². The van der Waals surface area contributed by atoms with Crippen molar-refractivity contribution in [2.75, 3.05) is 6.54 Å². The van der Waals surface area contributed by atoms with Gasteiger partial charge in [0.15, 0.2) is 0 Å². The minimum atomic E-state index is 0.0635. The van der Waals surface area contributed by atoms with E-state index in [0.29, 0.717) is 19.5 Å². The molecule has 3 nitrogen and oxygen atoms in total. The summed E-state index contributed by atoms with van der Waals surface area (Å²) in [7, 11) is 0. The van der Waals surface area contributed by atoms with E-state index in [0.717, 1.165) is 11.5 Å². The summed E-state index contributed by atoms with van der Waals surface area (Å²) in [6, 6.07) is 3.79. The number of hydrogen-bond acceptors (Lipinski definition) is 2. The quantitative estimate of drug-likeness (QED) is 0.683. The maximum Gasteiger partial charge on any atom is 0.224 e. The monoisotopic (exact) mass is 203 g/mol. The van der Waals surface area contributed by atoms with Gasteiger partial charge < -0.3 is 9.32 Å². The highest BCUT2D eigenvalue weighted by Crippen LogP contribution is 2.20. The molecule has 0 bridgehead atoms. The van der Waals surface area contributed by atoms with E-state index in [1.54, 1.807) is 4.90 Å². The number of terminal acetylenes is 1. The second-order valence-electron chi connectivity index (χ2n) is 3.85. The molecule has 1 atom stereocenters. The first-order valence-electron chi connectivity index (χ1n) is 4.98. The molecule has 1 unspecified atom stereocenters. The lowest BCUT2D eigenvalue weighted by Crippen LogP contribution is -2.24. The van der Waals surface area contributed by atoms with E-state index in [1.165, 1.54) is 0 Å². The van der Waals surface area contributed by atoms with E-state index in [2.05, 4.69) is 5.92 Å². The van der Waals surface area contributed by atoms with Crippen molar-refractivity contribution in [3.8, 4) is 12.3 Å². The first-order valence-corrected chi connectivity index (χ1v) is 4.98. The summed E-state index contributed by atoms with van der Waals surface area (Å²) in [6.07, 6.45) is 5.77. The molecule has 1 aliphatic heterocycles. The standard InChI is InChI=1S/C12H13NO2/c1-3-10-6-12(14)13(7-10)8-11-5-4-9(2)15-11/h1,4-5,10H,6-8H2,2H3. The van der Waals surface area contributed by atoms with Crippen molar-refractivity contribution in [1.29, 1.82) is 0 Å². The highest BCUT2D eigenvalue weighted by atomic mass is 16.3. The van der Waals surface area contributed by atoms with Crippen molar-refractivity contribution in [2.24, 2.45) is 5.92 Å². The zero-order valence-electron chi connectivity index (χ0n) is 8.69. The molecule has 1 aromatic heterocycles. The molecule has 15 heavy (non-hydrogen) atoms. The molecule has 1 amide bonds. The van der Waals surface area contributed by atoms with E-state index < -0.39 is 0 Å². The second-order valence-corrected chi connectivity index (χ2v) is 3.85. The highest BCUT2D eigenvalue weighted by molar-refractivity contribution is 5.79. The second kappa shape index (κ2) is 3.82. The van der Waals surface area contributed by atoms with Crippen molar-refractivity contribution in [2.45, 2.75) is 19.9 Å². The van der Waals surface area contributed by atoms with Gasteiger partial charge in [0.05, 0.1) is 6.54 Å². The lowest BCUT2D eigenvalue weighted by molar-refractivity contribution is -0.128. The summed E-state index contributed by atoms with van der Waals surface area (Å²) in [5.74, 6) is 4.49. The van der Waals surface area contributed by atoms with Gasteiger partial charge in [-0.25, -0.2) is 0 Å². The van der Waals surface area contributed by atoms with Crippen LogP contribution in [0.1, 0.15) is 17.9 Å². The van der Waals surface area contributed by atoms with Crippen LogP contribution in [0.25, 0.3) is 0 Å². The van der Waals surface area contributed by atoms with Crippen molar-refractivity contribution in [3.05, 3.63) is 23.7 Å². The van der Waals surface area contributed by atoms with Gasteiger partial charge in [0.25, 0.3) is 0 Å². The molecule has 0 spiro atoms. The maximum atomic E-state index is 11.5. The first kappa shape index (κ1) is 9.85. The molecule has 1 saturated heterocycles. The summed E-state index contributed by atoms with van der Waals surface area (Å²) >= 11 is 0. The van der Waals surface area contributed by atoms with Gasteiger partial charge in [-0.1, -0.05) is 0 Å². The van der Waals surface area contributed by atoms with Crippen molar-refractivity contribution in [1.82, 2.24) is 4.90 Å². The smallest absolute Gasteiger partial charge is 0.224 e. The number of furan rings is 1. The van der Waals surface area contributed by atoms with Crippen LogP contribution in [0.2, 0.25) is 0 Å². The topological polar surface area (TPSA) is 33.5 Å². The third kappa shape index (κ3) is 2.04. The van der Waals surface area contributed by atoms with Crippen LogP contribution >= 0.6 is 0 Å². The molecule has 1 fully saturated rings. The lowest BCUT2D eigenvalue weighted by atomic mass is 10.1. The summed E-state index contributed by atoms with van der Waals surface area (Å²) in [6.45, 7) is 3.07. The SMILES string of the molecule is C#CC1CC(=O)N(Cc2ccc(C)o2)C1. The van der Waals surface area contributed by atoms with E-state index in [9.17, 15) is 4.79 Å². The van der Waals surface area contributed by atoms with Gasteiger partial charge in [-0.05, 0) is 19.1 Å². The fraction of sp³-hybridized carbons (Fsp3) is 0.417. The van der Waals surface area contributed by atoms with Crippen LogP contribution in [0.15, 0.2) is 16.5 Å². The van der Waals surface area contributed by atoms with Crippen molar-refractivity contribution >= 4 is 5.91 Å². The van der Waals surface area contributed by atoms with Crippen LogP contribution in [0.3, 0.4) is 0 Å². The summed E-state index contributed by atoms with van der Waals surface area (Å²) in [4.78, 5) is 13.3. The Labute approximate surface area is 89.1 Å². The lowest BCUT2D eigenvalue weighted by Gasteiger charge is -2.13. The Kier molecular flexibility index (Phi) is 2.51. The molecular weight excluding hydrogens is 190 g/mol. The van der Waals surface area contributed by atoms with Gasteiger partial charge in [0.2, 0.25) is 5.91 Å². The van der Waals surface area contributed by atoms with Crippen molar-refractivity contribution < 1.29 is 9.21 Å². The molecular formula is C12H13NO2. The number of aryl methyl sites for hydroxylation is 1. The molecule has 1 aliphatic rings. The minimum Gasteiger partial charge on any atom is -0.464 e. The van der Waals surface area contributed by atoms with Crippen LogP contribution in [0, 0.1) is 25.2 Å². The summed E-state index contributed by atoms with van der Waals surface area (Å²) in [5, 5.41) is 0. The van der Waals surface area contributed by atoms with E-state index in [1.807, 2.05) is 19.1 Å². The van der Waals surface area contributed by atoms with E-state index in [-0.39, 0.29) is 11.8 Å². The predicted molar refractivity (Wildman–Crippen MR) is 55.8 cm³/mol. The van der Waals surface area contributed by atoms with Crippen LogP contribution in [-0.4, -0.2) is 17.4 Å². The first-order chi connectivity index (χ1) is 7.19. The van der Waals surface area contributed by atoms with E-state index >= 15 is 0 Å². The Morgan fingerprint density at radius 2 is 2.47 bits per heavy atom. The number of carbonyl (C=O) groups excluding carboxylic acids is 1. The minimum absolute atomic E-state index is 0.0635. The number of hydrogen-bond donors (Lipinski definition) is 0. The molecule has 3 heteroatoms. The van der Waals surface area contributed by atoms with E-state index in [4.69, 9.17) is 10.8 Å². The highest BCUT2D eigenvalue weighted by Gasteiger charge is 2.28. The van der Waals surface area contributed by atoms with Gasteiger partial charge in [-0.3, -0.25) is 4.79 Å². The average molecular weight is 203 g/mol. The zero-order chi connectivity index (χ0) is 10.8. The van der Waals surface area contributed by atoms with Crippen LogP contribution in [0.5, 0.6) is 0 Å². The molecule has 0 N–H and O–H groups in total. The normalized spacial score (nSPS) is 20.7. The molecule has 78 valence electrons. The number of nitrogens with zero attached hydrogens (tertiary/aromatic N) is 1. The van der Waals surface area contributed by atoms with Gasteiger partial charge in [-0.15, -0.1) is 12.3 Å². The number of likely N-dealkylation sites (tertiary alicyclic amines) is 1. The Balaban J connectivity index is 2.02. The van der Waals surface area contributed by atoms with Gasteiger partial charge >= 0.3 is 0 Å². The molecule has 0 saturated carbocycles. The fourth-order valence-electron chi connectivity index (χ4n) is 1.79. The Morgan fingerprint density at radius 1 is 1.67 bits per heavy atom. The average Bonchev–Trinajstić information content (AvgIpc) is 2.75. The number of carbonyl (C=O) groups is 1. The molecule has 0 radical (unpaired) electrons. The Bertz CT molecular complexity index is 414. The van der Waals surface area contributed by atoms with Crippen LogP contribution in [0.4, 0.5) is 0 Å². The summed E-state index contributed by atoms with van der Waals surface area (Å²) in [5.41, 5.74) is 0. The van der Waals surface area contributed by atoms with Gasteiger partial charge in [0.1, 0.15) is 11.5 Å². The predicted octanol–water partition coefficient (Wildman–Crippen LogP) is 1.57. The Morgan fingerprint density at radius 3 is 3.00 bits per heavy atom. The van der Waals surface area contributed by atoms with Crippen molar-refractivity contribution in [3.63, 3.8) is 0 Å². The molecule has 1 aromatic rings. The third-order valence-corrected chi connectivity index (χ3v) is 2.59. The fourth-order valence-corrected chi connectivity index (χ4v) is 1.79. The zero-order valence-corrected chi connectivity index (χ0v) is 8.69. The number of rotatable bonds is 2.